The van der Waals surface area contributed by atoms with Gasteiger partial charge in [0, 0.05) is 11.1 Å². The van der Waals surface area contributed by atoms with Crippen LogP contribution in [0.5, 0.6) is 5.75 Å². The number of phenols is 1. The first-order valence-corrected chi connectivity index (χ1v) is 10.8. The summed E-state index contributed by atoms with van der Waals surface area (Å²) in [6.45, 7) is 3.81. The van der Waals surface area contributed by atoms with E-state index in [0.29, 0.717) is 17.9 Å². The van der Waals surface area contributed by atoms with E-state index in [-0.39, 0.29) is 28.9 Å². The fourth-order valence-corrected chi connectivity index (χ4v) is 4.67. The van der Waals surface area contributed by atoms with E-state index in [1.165, 1.54) is 18.2 Å². The molecule has 0 unspecified atom stereocenters. The van der Waals surface area contributed by atoms with Crippen LogP contribution >= 0.6 is 11.6 Å². The minimum absolute atomic E-state index is 0.0436. The molecule has 1 aliphatic rings. The van der Waals surface area contributed by atoms with Crippen molar-refractivity contribution < 1.29 is 23.1 Å². The number of amides is 3. The van der Waals surface area contributed by atoms with Gasteiger partial charge in [0.1, 0.15) is 11.8 Å². The van der Waals surface area contributed by atoms with Crippen molar-refractivity contribution in [3.63, 3.8) is 0 Å². The standard InChI is InChI=1S/C17H24ClN3O5S/c1-10(2)7-14(16(23)20-13-8-11(18)3-4-15(13)22)21-17(24)19-12-5-6-27(25,26)9-12/h3-4,8,10,12,14,22H,5-7,9H2,1-2H3,(H,20,23)(H2,19,21,24)/t12-,14-/m0/s1. The van der Waals surface area contributed by atoms with Crippen LogP contribution in [0.4, 0.5) is 10.5 Å². The summed E-state index contributed by atoms with van der Waals surface area (Å²) in [6.07, 6.45) is 0.719. The number of phenolic OH excluding ortho intramolecular Hbond substituents is 1. The maximum atomic E-state index is 12.6. The minimum atomic E-state index is -3.12. The summed E-state index contributed by atoms with van der Waals surface area (Å²) in [5.41, 5.74) is 0.144. The average Bonchev–Trinajstić information content (AvgIpc) is 2.88. The Balaban J connectivity index is 2.02. The molecule has 2 rings (SSSR count). The molecule has 1 heterocycles. The predicted molar refractivity (Wildman–Crippen MR) is 104 cm³/mol. The van der Waals surface area contributed by atoms with Crippen molar-refractivity contribution >= 4 is 39.1 Å². The highest BCUT2D eigenvalue weighted by Gasteiger charge is 2.30. The van der Waals surface area contributed by atoms with Gasteiger partial charge in [-0.15, -0.1) is 0 Å². The van der Waals surface area contributed by atoms with Crippen LogP contribution in [0.3, 0.4) is 0 Å². The highest BCUT2D eigenvalue weighted by molar-refractivity contribution is 7.91. The van der Waals surface area contributed by atoms with Crippen molar-refractivity contribution in [2.45, 2.75) is 38.8 Å². The molecule has 1 aliphatic heterocycles. The Labute approximate surface area is 163 Å². The van der Waals surface area contributed by atoms with Crippen molar-refractivity contribution in [1.29, 1.82) is 0 Å². The molecule has 10 heteroatoms. The van der Waals surface area contributed by atoms with Crippen LogP contribution in [0.1, 0.15) is 26.7 Å². The fraction of sp³-hybridized carbons (Fsp3) is 0.529. The lowest BCUT2D eigenvalue weighted by atomic mass is 10.0. The number of sulfone groups is 1. The largest absolute Gasteiger partial charge is 0.506 e. The van der Waals surface area contributed by atoms with E-state index < -0.39 is 33.9 Å². The van der Waals surface area contributed by atoms with Gasteiger partial charge in [0.15, 0.2) is 9.84 Å². The number of carbonyl (C=O) groups excluding carboxylic acids is 2. The highest BCUT2D eigenvalue weighted by Crippen LogP contribution is 2.26. The first-order chi connectivity index (χ1) is 12.6. The Morgan fingerprint density at radius 1 is 1.33 bits per heavy atom. The Hall–Kier alpha value is -2.00. The third kappa shape index (κ3) is 6.59. The second kappa shape index (κ2) is 8.79. The van der Waals surface area contributed by atoms with Gasteiger partial charge in [0.25, 0.3) is 0 Å². The lowest BCUT2D eigenvalue weighted by molar-refractivity contribution is -0.118. The van der Waals surface area contributed by atoms with Crippen LogP contribution in [0.25, 0.3) is 0 Å². The highest BCUT2D eigenvalue weighted by atomic mass is 35.5. The van der Waals surface area contributed by atoms with Crippen molar-refractivity contribution in [1.82, 2.24) is 10.6 Å². The maximum absolute atomic E-state index is 12.6. The topological polar surface area (TPSA) is 125 Å². The number of hydrogen-bond donors (Lipinski definition) is 4. The monoisotopic (exact) mass is 417 g/mol. The normalized spacial score (nSPS) is 19.5. The molecule has 1 fully saturated rings. The van der Waals surface area contributed by atoms with E-state index in [2.05, 4.69) is 16.0 Å². The third-order valence-corrected chi connectivity index (χ3v) is 6.12. The van der Waals surface area contributed by atoms with E-state index in [1.807, 2.05) is 13.8 Å². The second-order valence-electron chi connectivity index (χ2n) is 7.05. The number of anilines is 1. The number of urea groups is 1. The molecular formula is C17H24ClN3O5S. The molecule has 1 saturated heterocycles. The number of halogens is 1. The molecule has 0 aromatic heterocycles. The summed E-state index contributed by atoms with van der Waals surface area (Å²) in [6, 6.07) is 2.32. The Morgan fingerprint density at radius 2 is 2.04 bits per heavy atom. The van der Waals surface area contributed by atoms with Crippen molar-refractivity contribution in [3.8, 4) is 5.75 Å². The molecule has 1 aromatic rings. The summed E-state index contributed by atoms with van der Waals surface area (Å²) >= 11 is 5.88. The zero-order chi connectivity index (χ0) is 20.2. The van der Waals surface area contributed by atoms with E-state index in [0.717, 1.165) is 0 Å². The van der Waals surface area contributed by atoms with Gasteiger partial charge in [-0.1, -0.05) is 25.4 Å². The number of rotatable bonds is 6. The van der Waals surface area contributed by atoms with Crippen molar-refractivity contribution in [2.75, 3.05) is 16.8 Å². The molecule has 0 saturated carbocycles. The van der Waals surface area contributed by atoms with Gasteiger partial charge in [0.2, 0.25) is 5.91 Å². The van der Waals surface area contributed by atoms with Crippen LogP contribution in [0.2, 0.25) is 5.02 Å². The lowest BCUT2D eigenvalue weighted by Gasteiger charge is -2.22. The molecule has 0 radical (unpaired) electrons. The van der Waals surface area contributed by atoms with Crippen LogP contribution in [-0.2, 0) is 14.6 Å². The molecule has 8 nitrogen and oxygen atoms in total. The quantitative estimate of drug-likeness (QED) is 0.526. The number of aromatic hydroxyl groups is 1. The third-order valence-electron chi connectivity index (χ3n) is 4.11. The van der Waals surface area contributed by atoms with Crippen molar-refractivity contribution in [3.05, 3.63) is 23.2 Å². The van der Waals surface area contributed by atoms with Gasteiger partial charge in [-0.05, 0) is 37.0 Å². The van der Waals surface area contributed by atoms with Gasteiger partial charge >= 0.3 is 6.03 Å². The van der Waals surface area contributed by atoms with Crippen LogP contribution in [0, 0.1) is 5.92 Å². The predicted octanol–water partition coefficient (Wildman–Crippen LogP) is 1.89. The van der Waals surface area contributed by atoms with Gasteiger partial charge in [-0.3, -0.25) is 4.79 Å². The number of nitrogens with one attached hydrogen (secondary N) is 3. The molecular weight excluding hydrogens is 394 g/mol. The number of carbonyl (C=O) groups is 2. The summed E-state index contributed by atoms with van der Waals surface area (Å²) < 4.78 is 23.0. The zero-order valence-electron chi connectivity index (χ0n) is 15.2. The molecule has 4 N–H and O–H groups in total. The summed E-state index contributed by atoms with van der Waals surface area (Å²) in [4.78, 5) is 24.8. The SMILES string of the molecule is CC(C)C[C@H](NC(=O)N[C@H]1CCS(=O)(=O)C1)C(=O)Nc1cc(Cl)ccc1O. The van der Waals surface area contributed by atoms with Gasteiger partial charge in [0.05, 0.1) is 17.2 Å². The Kier molecular flexibility index (Phi) is 6.94. The van der Waals surface area contributed by atoms with Gasteiger partial charge in [-0.25, -0.2) is 13.2 Å². The number of hydrogen-bond acceptors (Lipinski definition) is 5. The fourth-order valence-electron chi connectivity index (χ4n) is 2.83. The Bertz CT molecular complexity index is 813. The smallest absolute Gasteiger partial charge is 0.315 e. The molecule has 1 aromatic carbocycles. The molecule has 0 spiro atoms. The first-order valence-electron chi connectivity index (χ1n) is 8.62. The van der Waals surface area contributed by atoms with Crippen LogP contribution in [0.15, 0.2) is 18.2 Å². The average molecular weight is 418 g/mol. The van der Waals surface area contributed by atoms with E-state index in [1.54, 1.807) is 0 Å². The maximum Gasteiger partial charge on any atom is 0.315 e. The summed E-state index contributed by atoms with van der Waals surface area (Å²) in [5.74, 6) is -0.590. The van der Waals surface area contributed by atoms with Crippen LogP contribution < -0.4 is 16.0 Å². The van der Waals surface area contributed by atoms with Gasteiger partial charge < -0.3 is 21.1 Å². The molecule has 3 amide bonds. The van der Waals surface area contributed by atoms with Gasteiger partial charge in [-0.2, -0.15) is 0 Å². The number of benzene rings is 1. The molecule has 0 aliphatic carbocycles. The molecule has 2 atom stereocenters. The first kappa shape index (κ1) is 21.3. The molecule has 150 valence electrons. The van der Waals surface area contributed by atoms with E-state index in [4.69, 9.17) is 11.6 Å². The molecule has 0 bridgehead atoms. The van der Waals surface area contributed by atoms with E-state index in [9.17, 15) is 23.1 Å². The second-order valence-corrected chi connectivity index (χ2v) is 9.72. The summed E-state index contributed by atoms with van der Waals surface area (Å²) in [7, 11) is -3.12. The van der Waals surface area contributed by atoms with Crippen molar-refractivity contribution in [2.24, 2.45) is 5.92 Å². The molecule has 27 heavy (non-hydrogen) atoms. The lowest BCUT2D eigenvalue weighted by Crippen LogP contribution is -2.51. The van der Waals surface area contributed by atoms with Crippen LogP contribution in [-0.4, -0.2) is 49.1 Å². The van der Waals surface area contributed by atoms with E-state index >= 15 is 0 Å². The Morgan fingerprint density at radius 3 is 2.63 bits per heavy atom. The zero-order valence-corrected chi connectivity index (χ0v) is 16.7. The summed E-state index contributed by atoms with van der Waals surface area (Å²) in [5, 5.41) is 17.9. The minimum Gasteiger partial charge on any atom is -0.506 e.